The summed E-state index contributed by atoms with van der Waals surface area (Å²) < 4.78 is 36.4. The average molecular weight is 422 g/mol. The first-order valence-electron chi connectivity index (χ1n) is 8.46. The van der Waals surface area contributed by atoms with E-state index in [1.165, 1.54) is 12.3 Å². The summed E-state index contributed by atoms with van der Waals surface area (Å²) >= 11 is 0. The second kappa shape index (κ2) is 12.2. The van der Waals surface area contributed by atoms with Crippen molar-refractivity contribution in [2.24, 2.45) is 4.99 Å². The normalized spacial score (nSPS) is 21.5. The molecule has 0 bridgehead atoms. The van der Waals surface area contributed by atoms with Crippen molar-refractivity contribution < 1.29 is 22.8 Å². The van der Waals surface area contributed by atoms with Crippen LogP contribution in [0.2, 0.25) is 0 Å². The van der Waals surface area contributed by atoms with Crippen molar-refractivity contribution in [3.05, 3.63) is 60.9 Å². The Balaban J connectivity index is 0.00000272. The number of allylic oxidation sites excluding steroid dienone is 5. The summed E-state index contributed by atoms with van der Waals surface area (Å²) in [6, 6.07) is 0.480. The summed E-state index contributed by atoms with van der Waals surface area (Å²) in [5, 5.41) is 11.3. The second-order valence-electron chi connectivity index (χ2n) is 5.86. The zero-order valence-electron chi connectivity index (χ0n) is 15.9. The Morgan fingerprint density at radius 1 is 1.37 bits per heavy atom. The van der Waals surface area contributed by atoms with Gasteiger partial charge in [-0.3, -0.25) is 19.0 Å². The number of likely N-dealkylation sites (tertiary alicyclic amines) is 1. The number of hydrogen-bond acceptors (Lipinski definition) is 4. The van der Waals surface area contributed by atoms with E-state index >= 15 is 0 Å². The Bertz CT molecular complexity index is 836. The number of carbonyl (C=O) groups excluding carboxylic acids is 2. The molecule has 0 aromatic heterocycles. The van der Waals surface area contributed by atoms with Crippen LogP contribution < -0.4 is 5.32 Å². The molecular formula is C21H25F3N4O2. The molecule has 0 radical (unpaired) electrons. The van der Waals surface area contributed by atoms with E-state index in [1.54, 1.807) is 30.4 Å². The molecule has 162 valence electrons. The highest BCUT2D eigenvalue weighted by molar-refractivity contribution is 6.17. The number of carbonyl (C=O) groups is 2. The van der Waals surface area contributed by atoms with E-state index in [1.807, 2.05) is 0 Å². The molecule has 1 fully saturated rings. The Morgan fingerprint density at radius 3 is 2.57 bits per heavy atom. The van der Waals surface area contributed by atoms with E-state index in [0.29, 0.717) is 18.5 Å². The highest BCUT2D eigenvalue weighted by atomic mass is 19.3. The molecule has 1 heterocycles. The van der Waals surface area contributed by atoms with Gasteiger partial charge in [-0.05, 0) is 6.08 Å². The van der Waals surface area contributed by atoms with E-state index in [2.05, 4.69) is 23.5 Å². The van der Waals surface area contributed by atoms with E-state index in [0.717, 1.165) is 4.90 Å². The topological polar surface area (TPSA) is 85.6 Å². The standard InChI is InChI=1S/C19H18F2N4O2.CH3F.CH4/c1-3-14(15-7-5-6-8-16(15)23-4-2)18(27)24-11-17(26)25-12-19(20,21)9-13(25)10-22;1-2;/h3-8,13H,1-2,9,11-12H2,(H,24,27);1H3;1H4/b15-14+,23-16?;;. The molecule has 1 saturated heterocycles. The van der Waals surface area contributed by atoms with Crippen LogP contribution in [0.4, 0.5) is 13.2 Å². The summed E-state index contributed by atoms with van der Waals surface area (Å²) in [5.74, 6) is -4.46. The molecule has 0 aromatic carbocycles. The number of alkyl halides is 3. The summed E-state index contributed by atoms with van der Waals surface area (Å²) in [6.07, 6.45) is 8.74. The lowest BCUT2D eigenvalue weighted by molar-refractivity contribution is -0.133. The Labute approximate surface area is 174 Å². The van der Waals surface area contributed by atoms with Crippen LogP contribution in [0.15, 0.2) is 65.9 Å². The maximum Gasteiger partial charge on any atom is 0.268 e. The predicted octanol–water partition coefficient (Wildman–Crippen LogP) is 3.28. The third kappa shape index (κ3) is 6.58. The van der Waals surface area contributed by atoms with E-state index in [9.17, 15) is 22.8 Å². The molecule has 2 aliphatic rings. The van der Waals surface area contributed by atoms with Crippen LogP contribution >= 0.6 is 0 Å². The number of hydrogen-bond donors (Lipinski definition) is 1. The zero-order chi connectivity index (χ0) is 22.0. The van der Waals surface area contributed by atoms with Crippen molar-refractivity contribution in [1.29, 1.82) is 5.26 Å². The Hall–Kier alpha value is -3.41. The molecule has 2 rings (SSSR count). The van der Waals surface area contributed by atoms with Crippen molar-refractivity contribution in [2.45, 2.75) is 25.8 Å². The fourth-order valence-corrected chi connectivity index (χ4v) is 2.78. The maximum absolute atomic E-state index is 13.4. The average Bonchev–Trinajstić information content (AvgIpc) is 3.04. The number of amides is 2. The summed E-state index contributed by atoms with van der Waals surface area (Å²) in [5.41, 5.74) is 1.15. The fourth-order valence-electron chi connectivity index (χ4n) is 2.78. The number of nitrogens with one attached hydrogen (secondary N) is 1. The van der Waals surface area contributed by atoms with Crippen molar-refractivity contribution in [3.63, 3.8) is 0 Å². The summed E-state index contributed by atoms with van der Waals surface area (Å²) in [4.78, 5) is 29.5. The molecule has 1 unspecified atom stereocenters. The lowest BCUT2D eigenvalue weighted by atomic mass is 9.98. The van der Waals surface area contributed by atoms with Crippen LogP contribution in [0.5, 0.6) is 0 Å². The molecule has 0 aromatic rings. The van der Waals surface area contributed by atoms with Gasteiger partial charge < -0.3 is 10.2 Å². The van der Waals surface area contributed by atoms with Gasteiger partial charge in [0.05, 0.1) is 32.0 Å². The number of nitrogens with zero attached hydrogens (tertiary/aromatic N) is 3. The third-order valence-corrected chi connectivity index (χ3v) is 4.01. The van der Waals surface area contributed by atoms with Crippen LogP contribution in [0, 0.1) is 11.3 Å². The lowest BCUT2D eigenvalue weighted by Gasteiger charge is -2.19. The summed E-state index contributed by atoms with van der Waals surface area (Å²) in [7, 11) is 0.500. The van der Waals surface area contributed by atoms with Gasteiger partial charge in [-0.15, -0.1) is 0 Å². The number of rotatable bonds is 5. The first-order valence-corrected chi connectivity index (χ1v) is 8.46. The Kier molecular flexibility index (Phi) is 10.8. The minimum Gasteiger partial charge on any atom is -0.343 e. The van der Waals surface area contributed by atoms with Crippen LogP contribution in [0.25, 0.3) is 0 Å². The molecule has 9 heteroatoms. The van der Waals surface area contributed by atoms with Gasteiger partial charge >= 0.3 is 0 Å². The van der Waals surface area contributed by atoms with Gasteiger partial charge in [0.25, 0.3) is 11.8 Å². The van der Waals surface area contributed by atoms with Gasteiger partial charge in [-0.1, -0.05) is 44.9 Å². The van der Waals surface area contributed by atoms with E-state index in [4.69, 9.17) is 5.26 Å². The predicted molar refractivity (Wildman–Crippen MR) is 111 cm³/mol. The first kappa shape index (κ1) is 26.6. The minimum atomic E-state index is -3.11. The number of nitriles is 1. The zero-order valence-corrected chi connectivity index (χ0v) is 15.9. The van der Waals surface area contributed by atoms with Crippen molar-refractivity contribution in [2.75, 3.05) is 20.3 Å². The molecule has 6 nitrogen and oxygen atoms in total. The van der Waals surface area contributed by atoms with Gasteiger partial charge in [0.2, 0.25) is 5.91 Å². The molecule has 1 atom stereocenters. The smallest absolute Gasteiger partial charge is 0.268 e. The van der Waals surface area contributed by atoms with Crippen molar-refractivity contribution in [3.8, 4) is 6.07 Å². The van der Waals surface area contributed by atoms with Gasteiger partial charge in [-0.2, -0.15) is 5.26 Å². The first-order chi connectivity index (χ1) is 13.8. The third-order valence-electron chi connectivity index (χ3n) is 4.01. The SMILES string of the molecule is C.C=CN=C1C=CC=C/C1=C(/C=C)C(=O)NCC(=O)N1CC(F)(F)CC1C#N.CF. The van der Waals surface area contributed by atoms with Crippen LogP contribution in [-0.4, -0.2) is 54.7 Å². The minimum absolute atomic E-state index is 0. The van der Waals surface area contributed by atoms with Crippen LogP contribution in [0.3, 0.4) is 0 Å². The largest absolute Gasteiger partial charge is 0.343 e. The van der Waals surface area contributed by atoms with Crippen LogP contribution in [-0.2, 0) is 9.59 Å². The summed E-state index contributed by atoms with van der Waals surface area (Å²) in [6.45, 7) is 5.78. The van der Waals surface area contributed by atoms with Gasteiger partial charge in [-0.25, -0.2) is 8.78 Å². The number of halogens is 3. The molecule has 0 saturated carbocycles. The quantitative estimate of drug-likeness (QED) is 0.690. The number of aliphatic imine (C=N–C) groups is 1. The van der Waals surface area contributed by atoms with E-state index < -0.39 is 43.3 Å². The molecule has 2 amide bonds. The highest BCUT2D eigenvalue weighted by Gasteiger charge is 2.47. The molecular weight excluding hydrogens is 397 g/mol. The molecule has 1 N–H and O–H groups in total. The second-order valence-corrected chi connectivity index (χ2v) is 5.86. The van der Waals surface area contributed by atoms with Crippen molar-refractivity contribution in [1.82, 2.24) is 10.2 Å². The molecule has 30 heavy (non-hydrogen) atoms. The Morgan fingerprint density at radius 2 is 2.00 bits per heavy atom. The van der Waals surface area contributed by atoms with Gasteiger partial charge in [0.1, 0.15) is 6.04 Å². The molecule has 1 aliphatic carbocycles. The van der Waals surface area contributed by atoms with Crippen molar-refractivity contribution >= 4 is 17.5 Å². The molecule has 0 spiro atoms. The maximum atomic E-state index is 13.4. The fraction of sp³-hybridized carbons (Fsp3) is 0.333. The molecule has 1 aliphatic heterocycles. The van der Waals surface area contributed by atoms with Crippen LogP contribution in [0.1, 0.15) is 13.8 Å². The van der Waals surface area contributed by atoms with Gasteiger partial charge in [0.15, 0.2) is 0 Å². The van der Waals surface area contributed by atoms with Gasteiger partial charge in [0, 0.05) is 23.8 Å². The van der Waals surface area contributed by atoms with E-state index in [-0.39, 0.29) is 13.0 Å². The monoisotopic (exact) mass is 422 g/mol. The highest BCUT2D eigenvalue weighted by Crippen LogP contribution is 2.31. The lowest BCUT2D eigenvalue weighted by Crippen LogP contribution is -2.43.